The van der Waals surface area contributed by atoms with E-state index in [1.165, 1.54) is 12.1 Å². The first kappa shape index (κ1) is 21.5. The predicted molar refractivity (Wildman–Crippen MR) is 122 cm³/mol. The molecule has 1 aromatic heterocycles. The molecular formula is C27H22F2N2O. The van der Waals surface area contributed by atoms with Gasteiger partial charge < -0.3 is 4.74 Å². The van der Waals surface area contributed by atoms with Gasteiger partial charge in [-0.3, -0.25) is 0 Å². The highest BCUT2D eigenvalue weighted by molar-refractivity contribution is 5.84. The Morgan fingerprint density at radius 3 is 2.16 bits per heavy atom. The van der Waals surface area contributed by atoms with Gasteiger partial charge in [0.25, 0.3) is 0 Å². The van der Waals surface area contributed by atoms with Crippen molar-refractivity contribution in [3.63, 3.8) is 0 Å². The molecule has 3 nitrogen and oxygen atoms in total. The lowest BCUT2D eigenvalue weighted by molar-refractivity contribution is 0.304. The van der Waals surface area contributed by atoms with Crippen LogP contribution in [0.1, 0.15) is 37.3 Å². The van der Waals surface area contributed by atoms with Crippen LogP contribution in [0.4, 0.5) is 8.78 Å². The zero-order chi connectivity index (χ0) is 22.3. The zero-order valence-electron chi connectivity index (χ0n) is 17.7. The number of benzene rings is 3. The molecule has 5 heteroatoms. The van der Waals surface area contributed by atoms with E-state index in [1.807, 2.05) is 24.3 Å². The number of halogens is 2. The van der Waals surface area contributed by atoms with Crippen molar-refractivity contribution >= 4 is 10.8 Å². The molecule has 0 radical (unpaired) electrons. The van der Waals surface area contributed by atoms with Gasteiger partial charge in [0.15, 0.2) is 23.2 Å². The van der Waals surface area contributed by atoms with Crippen molar-refractivity contribution in [2.45, 2.75) is 26.2 Å². The smallest absolute Gasteiger partial charge is 0.159 e. The quantitative estimate of drug-likeness (QED) is 0.258. The largest absolute Gasteiger partial charge is 0.490 e. The lowest BCUT2D eigenvalue weighted by Crippen LogP contribution is -1.98. The lowest BCUT2D eigenvalue weighted by atomic mass is 10.1. The molecule has 32 heavy (non-hydrogen) atoms. The van der Waals surface area contributed by atoms with E-state index >= 15 is 0 Å². The summed E-state index contributed by atoms with van der Waals surface area (Å²) in [5, 5.41) is 1.25. The highest BCUT2D eigenvalue weighted by atomic mass is 19.2. The van der Waals surface area contributed by atoms with Gasteiger partial charge >= 0.3 is 0 Å². The predicted octanol–water partition coefficient (Wildman–Crippen LogP) is 6.54. The summed E-state index contributed by atoms with van der Waals surface area (Å²) in [4.78, 5) is 8.77. The van der Waals surface area contributed by atoms with Crippen LogP contribution in [0.5, 0.6) is 5.75 Å². The van der Waals surface area contributed by atoms with Crippen LogP contribution in [-0.2, 0) is 0 Å². The highest BCUT2D eigenvalue weighted by Gasteiger charge is 2.05. The number of unbranched alkanes of at least 4 members (excludes halogenated alkanes) is 2. The Morgan fingerprint density at radius 1 is 0.781 bits per heavy atom. The van der Waals surface area contributed by atoms with E-state index in [0.717, 1.165) is 36.0 Å². The molecule has 0 N–H and O–H groups in total. The lowest BCUT2D eigenvalue weighted by Gasteiger charge is -2.05. The van der Waals surface area contributed by atoms with E-state index in [4.69, 9.17) is 4.74 Å². The van der Waals surface area contributed by atoms with E-state index in [9.17, 15) is 8.78 Å². The van der Waals surface area contributed by atoms with Crippen LogP contribution in [-0.4, -0.2) is 16.6 Å². The van der Waals surface area contributed by atoms with Crippen LogP contribution < -0.4 is 4.74 Å². The monoisotopic (exact) mass is 428 g/mol. The van der Waals surface area contributed by atoms with E-state index in [1.54, 1.807) is 30.6 Å². The maximum atomic E-state index is 13.5. The Morgan fingerprint density at radius 2 is 1.44 bits per heavy atom. The molecule has 4 aromatic rings. The van der Waals surface area contributed by atoms with Gasteiger partial charge in [-0.05, 0) is 65.7 Å². The van der Waals surface area contributed by atoms with Gasteiger partial charge in [0.05, 0.1) is 19.0 Å². The van der Waals surface area contributed by atoms with Crippen molar-refractivity contribution in [1.29, 1.82) is 0 Å². The average molecular weight is 428 g/mol. The second-order valence-electron chi connectivity index (χ2n) is 7.45. The number of nitrogens with zero attached hydrogens (tertiary/aromatic N) is 2. The molecule has 0 aliphatic carbocycles. The molecule has 1 heterocycles. The standard InChI is InChI=1S/C27H22F2N2O/c1-2-3-4-13-32-24-17-30-27(31-18-24)21-10-7-19(8-11-21)5-6-20-9-12-22-15-25(28)26(29)16-23(22)14-20/h7-12,14-18H,2-4,13H2,1H3. The number of rotatable bonds is 6. The molecule has 0 saturated heterocycles. The van der Waals surface area contributed by atoms with Crippen LogP contribution in [0.2, 0.25) is 0 Å². The van der Waals surface area contributed by atoms with Crippen LogP contribution in [0.15, 0.2) is 67.0 Å². The van der Waals surface area contributed by atoms with Gasteiger partial charge in [-0.25, -0.2) is 18.7 Å². The normalized spacial score (nSPS) is 10.6. The second-order valence-corrected chi connectivity index (χ2v) is 7.45. The van der Waals surface area contributed by atoms with Gasteiger partial charge in [0.1, 0.15) is 0 Å². The molecule has 0 unspecified atom stereocenters. The number of hydrogen-bond donors (Lipinski definition) is 0. The van der Waals surface area contributed by atoms with Gasteiger partial charge in [0, 0.05) is 16.7 Å². The van der Waals surface area contributed by atoms with Crippen LogP contribution in [0.3, 0.4) is 0 Å². The Kier molecular flexibility index (Phi) is 6.72. The number of aromatic nitrogens is 2. The summed E-state index contributed by atoms with van der Waals surface area (Å²) in [5.41, 5.74) is 2.44. The molecule has 0 aliphatic rings. The summed E-state index contributed by atoms with van der Waals surface area (Å²) in [6, 6.07) is 15.3. The Balaban J connectivity index is 1.44. The first-order valence-electron chi connectivity index (χ1n) is 10.6. The molecule has 4 rings (SSSR count). The molecule has 0 atom stereocenters. The summed E-state index contributed by atoms with van der Waals surface area (Å²) >= 11 is 0. The fourth-order valence-corrected chi connectivity index (χ4v) is 3.25. The second kappa shape index (κ2) is 10.0. The first-order valence-corrected chi connectivity index (χ1v) is 10.6. The van der Waals surface area contributed by atoms with Gasteiger partial charge in [-0.2, -0.15) is 0 Å². The third kappa shape index (κ3) is 5.28. The SMILES string of the molecule is CCCCCOc1cnc(-c2ccc(C#Cc3ccc4cc(F)c(F)cc4c3)cc2)nc1. The molecular weight excluding hydrogens is 406 g/mol. The summed E-state index contributed by atoms with van der Waals surface area (Å²) in [7, 11) is 0. The Bertz CT molecular complexity index is 1270. The van der Waals surface area contributed by atoms with Crippen molar-refractivity contribution in [2.24, 2.45) is 0 Å². The molecule has 0 aliphatic heterocycles. The summed E-state index contributed by atoms with van der Waals surface area (Å²) in [6.07, 6.45) is 6.71. The molecule has 0 saturated carbocycles. The van der Waals surface area contributed by atoms with Crippen LogP contribution >= 0.6 is 0 Å². The molecule has 0 bridgehead atoms. The molecule has 0 amide bonds. The average Bonchev–Trinajstić information content (AvgIpc) is 2.82. The Hall–Kier alpha value is -3.78. The molecule has 0 fully saturated rings. The first-order chi connectivity index (χ1) is 15.6. The summed E-state index contributed by atoms with van der Waals surface area (Å²) in [6.45, 7) is 2.83. The summed E-state index contributed by atoms with van der Waals surface area (Å²) in [5.74, 6) is 5.74. The Labute approximate surface area is 186 Å². The molecule has 160 valence electrons. The van der Waals surface area contributed by atoms with Gasteiger partial charge in [-0.15, -0.1) is 0 Å². The minimum absolute atomic E-state index is 0.612. The van der Waals surface area contributed by atoms with E-state index < -0.39 is 11.6 Å². The number of fused-ring (bicyclic) bond motifs is 1. The molecule has 0 spiro atoms. The topological polar surface area (TPSA) is 35.0 Å². The fourth-order valence-electron chi connectivity index (χ4n) is 3.25. The van der Waals surface area contributed by atoms with Crippen molar-refractivity contribution in [3.8, 4) is 29.0 Å². The highest BCUT2D eigenvalue weighted by Crippen LogP contribution is 2.20. The van der Waals surface area contributed by atoms with E-state index in [2.05, 4.69) is 28.7 Å². The van der Waals surface area contributed by atoms with Crippen LogP contribution in [0, 0.1) is 23.5 Å². The fraction of sp³-hybridized carbons (Fsp3) is 0.185. The van der Waals surface area contributed by atoms with Crippen molar-refractivity contribution in [3.05, 3.63) is 89.8 Å². The van der Waals surface area contributed by atoms with Gasteiger partial charge in [-0.1, -0.05) is 37.7 Å². The van der Waals surface area contributed by atoms with E-state index in [-0.39, 0.29) is 0 Å². The van der Waals surface area contributed by atoms with Crippen molar-refractivity contribution in [1.82, 2.24) is 9.97 Å². The minimum Gasteiger partial charge on any atom is -0.490 e. The van der Waals surface area contributed by atoms with Gasteiger partial charge in [0.2, 0.25) is 0 Å². The maximum absolute atomic E-state index is 13.5. The molecule has 3 aromatic carbocycles. The van der Waals surface area contributed by atoms with Crippen molar-refractivity contribution < 1.29 is 13.5 Å². The number of ether oxygens (including phenoxy) is 1. The maximum Gasteiger partial charge on any atom is 0.159 e. The zero-order valence-corrected chi connectivity index (χ0v) is 17.7. The third-order valence-electron chi connectivity index (χ3n) is 5.02. The third-order valence-corrected chi connectivity index (χ3v) is 5.02. The van der Waals surface area contributed by atoms with E-state index in [0.29, 0.717) is 29.0 Å². The minimum atomic E-state index is -0.864. The number of hydrogen-bond acceptors (Lipinski definition) is 3. The van der Waals surface area contributed by atoms with Crippen molar-refractivity contribution in [2.75, 3.05) is 6.61 Å². The van der Waals surface area contributed by atoms with Crippen LogP contribution in [0.25, 0.3) is 22.2 Å². The summed E-state index contributed by atoms with van der Waals surface area (Å²) < 4.78 is 32.5.